The van der Waals surface area contributed by atoms with Gasteiger partial charge < -0.3 is 25.3 Å². The Hall–Kier alpha value is -3.13. The van der Waals surface area contributed by atoms with Crippen LogP contribution >= 0.6 is 0 Å². The van der Waals surface area contributed by atoms with Crippen molar-refractivity contribution >= 4 is 22.9 Å². The Balaban J connectivity index is 1.34. The number of H-pyrrole nitrogens is 1. The summed E-state index contributed by atoms with van der Waals surface area (Å²) in [6, 6.07) is 11.4. The molecule has 2 unspecified atom stereocenters. The molecule has 1 saturated heterocycles. The molecule has 3 aromatic rings. The lowest BCUT2D eigenvalue weighted by atomic mass is 10.0. The predicted molar refractivity (Wildman–Crippen MR) is 121 cm³/mol. The lowest BCUT2D eigenvalue weighted by Crippen LogP contribution is -2.41. The molecule has 2 aromatic heterocycles. The number of fused-ring (bicyclic) bond motifs is 1. The first-order valence-corrected chi connectivity index (χ1v) is 10.8. The monoisotopic (exact) mass is 422 g/mol. The second-order valence-corrected chi connectivity index (χ2v) is 8.34. The van der Waals surface area contributed by atoms with E-state index in [2.05, 4.69) is 51.3 Å². The van der Waals surface area contributed by atoms with E-state index in [4.69, 9.17) is 4.74 Å². The number of hydrogen-bond acceptors (Lipinski definition) is 5. The molecule has 164 valence electrons. The van der Waals surface area contributed by atoms with Crippen molar-refractivity contribution in [2.24, 2.45) is 5.92 Å². The van der Waals surface area contributed by atoms with Gasteiger partial charge in [0.15, 0.2) is 0 Å². The number of morpholine rings is 1. The number of anilines is 1. The maximum atomic E-state index is 12.6. The summed E-state index contributed by atoms with van der Waals surface area (Å²) in [5.41, 5.74) is 2.81. The Bertz CT molecular complexity index is 983. The molecule has 1 aliphatic rings. The molecular weight excluding hydrogens is 392 g/mol. The normalized spacial score (nSPS) is 17.7. The molecule has 2 atom stereocenters. The summed E-state index contributed by atoms with van der Waals surface area (Å²) >= 11 is 0. The fourth-order valence-electron chi connectivity index (χ4n) is 3.78. The van der Waals surface area contributed by atoms with Gasteiger partial charge in [0.25, 0.3) is 0 Å². The van der Waals surface area contributed by atoms with Gasteiger partial charge in [-0.2, -0.15) is 0 Å². The minimum Gasteiger partial charge on any atom is -0.375 e. The number of imidazole rings is 1. The van der Waals surface area contributed by atoms with E-state index in [0.717, 1.165) is 41.3 Å². The molecular formula is C23H30N6O2. The summed E-state index contributed by atoms with van der Waals surface area (Å²) in [6.45, 7) is 9.00. The second-order valence-electron chi connectivity index (χ2n) is 8.34. The molecule has 4 rings (SSSR count). The number of para-hydroxylation sites is 2. The van der Waals surface area contributed by atoms with Gasteiger partial charge in [-0.1, -0.05) is 32.0 Å². The quantitative estimate of drug-likeness (QED) is 0.566. The number of urea groups is 1. The molecule has 1 aromatic carbocycles. The van der Waals surface area contributed by atoms with E-state index in [-0.39, 0.29) is 24.1 Å². The van der Waals surface area contributed by atoms with E-state index in [1.807, 2.05) is 42.6 Å². The van der Waals surface area contributed by atoms with Gasteiger partial charge in [-0.05, 0) is 36.6 Å². The molecule has 31 heavy (non-hydrogen) atoms. The van der Waals surface area contributed by atoms with Crippen molar-refractivity contribution in [3.8, 4) is 0 Å². The minimum absolute atomic E-state index is 0.183. The molecule has 0 saturated carbocycles. The highest BCUT2D eigenvalue weighted by atomic mass is 16.5. The predicted octanol–water partition coefficient (Wildman–Crippen LogP) is 3.38. The van der Waals surface area contributed by atoms with Crippen LogP contribution in [0.15, 0.2) is 42.6 Å². The van der Waals surface area contributed by atoms with E-state index in [1.165, 1.54) is 0 Å². The smallest absolute Gasteiger partial charge is 0.315 e. The van der Waals surface area contributed by atoms with Crippen LogP contribution in [-0.4, -0.2) is 46.8 Å². The SMILES string of the molecule is CC1CN(c2ccc(CNC(=O)NC(c3nc4ccccc4[nH]3)C(C)C)cn2)CCO1. The van der Waals surface area contributed by atoms with E-state index in [0.29, 0.717) is 13.2 Å². The highest BCUT2D eigenvalue weighted by molar-refractivity contribution is 5.76. The number of nitrogens with one attached hydrogen (secondary N) is 3. The van der Waals surface area contributed by atoms with Crippen LogP contribution in [0, 0.1) is 5.92 Å². The second kappa shape index (κ2) is 9.34. The lowest BCUT2D eigenvalue weighted by molar-refractivity contribution is 0.0529. The Morgan fingerprint density at radius 3 is 2.84 bits per heavy atom. The maximum absolute atomic E-state index is 12.6. The number of nitrogens with zero attached hydrogens (tertiary/aromatic N) is 3. The van der Waals surface area contributed by atoms with E-state index in [9.17, 15) is 4.79 Å². The summed E-state index contributed by atoms with van der Waals surface area (Å²) in [7, 11) is 0. The number of pyridine rings is 1. The van der Waals surface area contributed by atoms with Gasteiger partial charge in [0, 0.05) is 25.8 Å². The summed E-state index contributed by atoms with van der Waals surface area (Å²) in [5.74, 6) is 1.88. The van der Waals surface area contributed by atoms with Gasteiger partial charge in [-0.15, -0.1) is 0 Å². The van der Waals surface area contributed by atoms with Gasteiger partial charge >= 0.3 is 6.03 Å². The zero-order valence-electron chi connectivity index (χ0n) is 18.3. The van der Waals surface area contributed by atoms with Crippen molar-refractivity contribution in [3.05, 3.63) is 54.0 Å². The lowest BCUT2D eigenvalue weighted by Gasteiger charge is -2.32. The number of ether oxygens (including phenoxy) is 1. The zero-order chi connectivity index (χ0) is 21.8. The largest absolute Gasteiger partial charge is 0.375 e. The van der Waals surface area contributed by atoms with Crippen molar-refractivity contribution < 1.29 is 9.53 Å². The van der Waals surface area contributed by atoms with Crippen LogP contribution in [0.4, 0.5) is 10.6 Å². The maximum Gasteiger partial charge on any atom is 0.315 e. The zero-order valence-corrected chi connectivity index (χ0v) is 18.3. The number of carbonyl (C=O) groups is 1. The van der Waals surface area contributed by atoms with Gasteiger partial charge in [-0.3, -0.25) is 0 Å². The molecule has 8 heteroatoms. The third-order valence-electron chi connectivity index (χ3n) is 5.48. The van der Waals surface area contributed by atoms with Gasteiger partial charge in [-0.25, -0.2) is 14.8 Å². The number of rotatable bonds is 6. The van der Waals surface area contributed by atoms with Gasteiger partial charge in [0.05, 0.1) is 29.8 Å². The van der Waals surface area contributed by atoms with Crippen LogP contribution < -0.4 is 15.5 Å². The first kappa shape index (κ1) is 21.1. The first-order valence-electron chi connectivity index (χ1n) is 10.8. The average Bonchev–Trinajstić information content (AvgIpc) is 3.20. The number of benzene rings is 1. The summed E-state index contributed by atoms with van der Waals surface area (Å²) in [6.07, 6.45) is 2.02. The van der Waals surface area contributed by atoms with Crippen LogP contribution in [0.2, 0.25) is 0 Å². The Kier molecular flexibility index (Phi) is 6.36. The van der Waals surface area contributed by atoms with Gasteiger partial charge in [0.1, 0.15) is 11.6 Å². The third kappa shape index (κ3) is 5.14. The molecule has 0 spiro atoms. The molecule has 3 heterocycles. The van der Waals surface area contributed by atoms with Gasteiger partial charge in [0.2, 0.25) is 0 Å². The van der Waals surface area contributed by atoms with Crippen molar-refractivity contribution in [3.63, 3.8) is 0 Å². The number of amides is 2. The molecule has 3 N–H and O–H groups in total. The molecule has 0 radical (unpaired) electrons. The standard InChI is InChI=1S/C23H30N6O2/c1-15(2)21(22-26-18-6-4-5-7-19(18)27-22)28-23(30)25-13-17-8-9-20(24-12-17)29-10-11-31-16(3)14-29/h4-9,12,15-16,21H,10-11,13-14H2,1-3H3,(H,26,27)(H2,25,28,30). The average molecular weight is 423 g/mol. The van der Waals surface area contributed by atoms with Crippen molar-refractivity contribution in [2.75, 3.05) is 24.6 Å². The number of aromatic nitrogens is 3. The summed E-state index contributed by atoms with van der Waals surface area (Å²) < 4.78 is 5.58. The fraction of sp³-hybridized carbons (Fsp3) is 0.435. The highest BCUT2D eigenvalue weighted by Crippen LogP contribution is 2.22. The van der Waals surface area contributed by atoms with E-state index in [1.54, 1.807) is 0 Å². The van der Waals surface area contributed by atoms with Crippen molar-refractivity contribution in [2.45, 2.75) is 39.5 Å². The Labute approximate surface area is 182 Å². The van der Waals surface area contributed by atoms with Crippen LogP contribution in [-0.2, 0) is 11.3 Å². The summed E-state index contributed by atoms with van der Waals surface area (Å²) in [5, 5.41) is 5.97. The topological polar surface area (TPSA) is 95.2 Å². The minimum atomic E-state index is -0.231. The highest BCUT2D eigenvalue weighted by Gasteiger charge is 2.22. The van der Waals surface area contributed by atoms with Crippen molar-refractivity contribution in [1.29, 1.82) is 0 Å². The van der Waals surface area contributed by atoms with Crippen LogP contribution in [0.3, 0.4) is 0 Å². The third-order valence-corrected chi connectivity index (χ3v) is 5.48. The summed E-state index contributed by atoms with van der Waals surface area (Å²) in [4.78, 5) is 27.3. The number of carbonyl (C=O) groups excluding carboxylic acids is 1. The van der Waals surface area contributed by atoms with E-state index >= 15 is 0 Å². The van der Waals surface area contributed by atoms with Crippen LogP contribution in [0.5, 0.6) is 0 Å². The molecule has 8 nitrogen and oxygen atoms in total. The Morgan fingerprint density at radius 1 is 1.29 bits per heavy atom. The number of hydrogen-bond donors (Lipinski definition) is 3. The molecule has 1 fully saturated rings. The van der Waals surface area contributed by atoms with E-state index < -0.39 is 0 Å². The fourth-order valence-corrected chi connectivity index (χ4v) is 3.78. The van der Waals surface area contributed by atoms with Crippen LogP contribution in [0.25, 0.3) is 11.0 Å². The molecule has 0 aliphatic carbocycles. The molecule has 0 bridgehead atoms. The Morgan fingerprint density at radius 2 is 2.13 bits per heavy atom. The number of aromatic amines is 1. The van der Waals surface area contributed by atoms with Crippen molar-refractivity contribution in [1.82, 2.24) is 25.6 Å². The van der Waals surface area contributed by atoms with Crippen LogP contribution in [0.1, 0.15) is 38.2 Å². The molecule has 1 aliphatic heterocycles. The molecule has 2 amide bonds. The first-order chi connectivity index (χ1) is 15.0.